The first kappa shape index (κ1) is 15.3. The molecule has 0 bridgehead atoms. The Morgan fingerprint density at radius 1 is 1.45 bits per heavy atom. The van der Waals surface area contributed by atoms with E-state index in [1.54, 1.807) is 0 Å². The molecule has 1 fully saturated rings. The number of nitrogens with one attached hydrogen (secondary N) is 1. The van der Waals surface area contributed by atoms with Crippen LogP contribution >= 0.6 is 15.9 Å². The summed E-state index contributed by atoms with van der Waals surface area (Å²) in [5.41, 5.74) is 1.12. The number of carbonyl (C=O) groups excluding carboxylic acids is 1. The zero-order valence-electron chi connectivity index (χ0n) is 11.6. The lowest BCUT2D eigenvalue weighted by Crippen LogP contribution is -2.46. The Kier molecular flexibility index (Phi) is 5.43. The van der Waals surface area contributed by atoms with Crippen molar-refractivity contribution < 1.29 is 14.6 Å². The van der Waals surface area contributed by atoms with E-state index in [0.717, 1.165) is 35.7 Å². The molecule has 20 heavy (non-hydrogen) atoms. The van der Waals surface area contributed by atoms with Gasteiger partial charge in [-0.3, -0.25) is 4.79 Å². The molecule has 0 radical (unpaired) electrons. The van der Waals surface area contributed by atoms with Gasteiger partial charge in [-0.15, -0.1) is 0 Å². The molecule has 5 heteroatoms. The standard InChI is InChI=1S/C15H20BrNO3/c1-10-6-7-14(11(16)8-10)20-9-15(19)17-12-4-2-3-5-13(12)18/h6-8,12-13,18H,2-5,9H2,1H3,(H,17,19)/t12-,13-/m0/s1. The molecule has 1 aromatic carbocycles. The summed E-state index contributed by atoms with van der Waals surface area (Å²) in [6, 6.07) is 5.57. The largest absolute Gasteiger partial charge is 0.483 e. The highest BCUT2D eigenvalue weighted by molar-refractivity contribution is 9.10. The zero-order chi connectivity index (χ0) is 14.5. The van der Waals surface area contributed by atoms with E-state index in [2.05, 4.69) is 21.2 Å². The van der Waals surface area contributed by atoms with Crippen LogP contribution in [0.3, 0.4) is 0 Å². The smallest absolute Gasteiger partial charge is 0.258 e. The summed E-state index contributed by atoms with van der Waals surface area (Å²) < 4.78 is 6.33. The van der Waals surface area contributed by atoms with Crippen LogP contribution in [0.25, 0.3) is 0 Å². The average Bonchev–Trinajstić information content (AvgIpc) is 2.40. The number of aliphatic hydroxyl groups excluding tert-OH is 1. The summed E-state index contributed by atoms with van der Waals surface area (Å²) in [7, 11) is 0. The first-order valence-electron chi connectivity index (χ1n) is 6.92. The van der Waals surface area contributed by atoms with Crippen molar-refractivity contribution in [2.24, 2.45) is 0 Å². The van der Waals surface area contributed by atoms with Gasteiger partial charge in [0.25, 0.3) is 5.91 Å². The molecule has 2 rings (SSSR count). The molecular weight excluding hydrogens is 322 g/mol. The number of carbonyl (C=O) groups is 1. The summed E-state index contributed by atoms with van der Waals surface area (Å²) in [5, 5.41) is 12.7. The maximum Gasteiger partial charge on any atom is 0.258 e. The molecular formula is C15H20BrNO3. The summed E-state index contributed by atoms with van der Waals surface area (Å²) in [6.45, 7) is 1.95. The zero-order valence-corrected chi connectivity index (χ0v) is 13.1. The average molecular weight is 342 g/mol. The van der Waals surface area contributed by atoms with Crippen LogP contribution in [-0.2, 0) is 4.79 Å². The van der Waals surface area contributed by atoms with Crippen LogP contribution in [-0.4, -0.2) is 29.8 Å². The first-order chi connectivity index (χ1) is 9.56. The van der Waals surface area contributed by atoms with E-state index in [4.69, 9.17) is 4.74 Å². The topological polar surface area (TPSA) is 58.6 Å². The van der Waals surface area contributed by atoms with E-state index in [1.165, 1.54) is 0 Å². The Bertz CT molecular complexity index is 478. The van der Waals surface area contributed by atoms with Crippen molar-refractivity contribution in [3.63, 3.8) is 0 Å². The molecule has 2 atom stereocenters. The van der Waals surface area contributed by atoms with Gasteiger partial charge in [0, 0.05) is 0 Å². The maximum atomic E-state index is 11.8. The second-order valence-corrected chi connectivity index (χ2v) is 6.10. The molecule has 1 saturated carbocycles. The van der Waals surface area contributed by atoms with E-state index in [9.17, 15) is 9.90 Å². The normalized spacial score (nSPS) is 22.4. The molecule has 2 N–H and O–H groups in total. The number of hydrogen-bond donors (Lipinski definition) is 2. The van der Waals surface area contributed by atoms with Gasteiger partial charge in [-0.05, 0) is 53.4 Å². The van der Waals surface area contributed by atoms with Gasteiger partial charge < -0.3 is 15.2 Å². The van der Waals surface area contributed by atoms with Crippen molar-refractivity contribution in [1.82, 2.24) is 5.32 Å². The lowest BCUT2D eigenvalue weighted by molar-refractivity contribution is -0.125. The van der Waals surface area contributed by atoms with E-state index < -0.39 is 6.10 Å². The van der Waals surface area contributed by atoms with Crippen molar-refractivity contribution in [3.05, 3.63) is 28.2 Å². The van der Waals surface area contributed by atoms with Gasteiger partial charge in [0.2, 0.25) is 0 Å². The van der Waals surface area contributed by atoms with Gasteiger partial charge in [0.15, 0.2) is 6.61 Å². The molecule has 0 saturated heterocycles. The molecule has 0 unspecified atom stereocenters. The van der Waals surface area contributed by atoms with Gasteiger partial charge in [-0.1, -0.05) is 18.9 Å². The predicted molar refractivity (Wildman–Crippen MR) is 80.8 cm³/mol. The van der Waals surface area contributed by atoms with Gasteiger partial charge in [-0.25, -0.2) is 0 Å². The highest BCUT2D eigenvalue weighted by Crippen LogP contribution is 2.25. The van der Waals surface area contributed by atoms with Crippen LogP contribution in [0.1, 0.15) is 31.2 Å². The Morgan fingerprint density at radius 2 is 2.20 bits per heavy atom. The SMILES string of the molecule is Cc1ccc(OCC(=O)N[C@H]2CCCC[C@@H]2O)c(Br)c1. The van der Waals surface area contributed by atoms with Crippen LogP contribution in [0.2, 0.25) is 0 Å². The molecule has 0 aromatic heterocycles. The third kappa shape index (κ3) is 4.21. The number of amides is 1. The first-order valence-corrected chi connectivity index (χ1v) is 7.72. The second kappa shape index (κ2) is 7.09. The third-order valence-electron chi connectivity index (χ3n) is 3.52. The molecule has 1 amide bonds. The summed E-state index contributed by atoms with van der Waals surface area (Å²) >= 11 is 3.41. The molecule has 0 aliphatic heterocycles. The van der Waals surface area contributed by atoms with Crippen molar-refractivity contribution in [3.8, 4) is 5.75 Å². The van der Waals surface area contributed by atoms with Gasteiger partial charge in [0.05, 0.1) is 16.6 Å². The van der Waals surface area contributed by atoms with Crippen molar-refractivity contribution >= 4 is 21.8 Å². The summed E-state index contributed by atoms with van der Waals surface area (Å²) in [6.07, 6.45) is 3.24. The number of hydrogen-bond acceptors (Lipinski definition) is 3. The highest BCUT2D eigenvalue weighted by Gasteiger charge is 2.24. The van der Waals surface area contributed by atoms with E-state index >= 15 is 0 Å². The van der Waals surface area contributed by atoms with E-state index in [1.807, 2.05) is 25.1 Å². The summed E-state index contributed by atoms with van der Waals surface area (Å²) in [4.78, 5) is 11.8. The van der Waals surface area contributed by atoms with Crippen LogP contribution in [0, 0.1) is 6.92 Å². The quantitative estimate of drug-likeness (QED) is 0.884. The lowest BCUT2D eigenvalue weighted by atomic mass is 9.92. The van der Waals surface area contributed by atoms with E-state index in [-0.39, 0.29) is 18.6 Å². The molecule has 1 aromatic rings. The fourth-order valence-corrected chi connectivity index (χ4v) is 3.00. The number of aryl methyl sites for hydroxylation is 1. The van der Waals surface area contributed by atoms with Gasteiger partial charge in [-0.2, -0.15) is 0 Å². The molecule has 110 valence electrons. The van der Waals surface area contributed by atoms with Gasteiger partial charge in [0.1, 0.15) is 5.75 Å². The van der Waals surface area contributed by atoms with Crippen LogP contribution in [0.5, 0.6) is 5.75 Å². The van der Waals surface area contributed by atoms with Crippen LogP contribution in [0.4, 0.5) is 0 Å². The van der Waals surface area contributed by atoms with Crippen LogP contribution < -0.4 is 10.1 Å². The van der Waals surface area contributed by atoms with Crippen molar-refractivity contribution in [1.29, 1.82) is 0 Å². The fourth-order valence-electron chi connectivity index (χ4n) is 2.39. The second-order valence-electron chi connectivity index (χ2n) is 5.25. The maximum absolute atomic E-state index is 11.8. The molecule has 1 aliphatic carbocycles. The van der Waals surface area contributed by atoms with Crippen LogP contribution in [0.15, 0.2) is 22.7 Å². The highest BCUT2D eigenvalue weighted by atomic mass is 79.9. The predicted octanol–water partition coefficient (Wildman–Crippen LogP) is 2.56. The Morgan fingerprint density at radius 3 is 2.90 bits per heavy atom. The van der Waals surface area contributed by atoms with E-state index in [0.29, 0.717) is 5.75 Å². The van der Waals surface area contributed by atoms with Gasteiger partial charge >= 0.3 is 0 Å². The Balaban J connectivity index is 1.82. The molecule has 4 nitrogen and oxygen atoms in total. The van der Waals surface area contributed by atoms with Crippen molar-refractivity contribution in [2.75, 3.05) is 6.61 Å². The lowest BCUT2D eigenvalue weighted by Gasteiger charge is -2.28. The monoisotopic (exact) mass is 341 g/mol. The third-order valence-corrected chi connectivity index (χ3v) is 4.14. The van der Waals surface area contributed by atoms with Crippen molar-refractivity contribution in [2.45, 2.75) is 44.8 Å². The minimum Gasteiger partial charge on any atom is -0.483 e. The molecule has 0 spiro atoms. The number of ether oxygens (including phenoxy) is 1. The summed E-state index contributed by atoms with van der Waals surface area (Å²) in [5.74, 6) is 0.457. The Labute approximate surface area is 127 Å². The molecule has 1 aliphatic rings. The number of rotatable bonds is 4. The number of aliphatic hydroxyl groups is 1. The number of halogens is 1. The number of benzene rings is 1. The fraction of sp³-hybridized carbons (Fsp3) is 0.533. The minimum atomic E-state index is -0.432. The minimum absolute atomic E-state index is 0.0368. The molecule has 0 heterocycles. The Hall–Kier alpha value is -1.07.